The van der Waals surface area contributed by atoms with E-state index in [1.165, 1.54) is 18.2 Å². The molecule has 3 fully saturated rings. The number of rotatable bonds is 5. The van der Waals surface area contributed by atoms with Gasteiger partial charge in [0.1, 0.15) is 11.6 Å². The van der Waals surface area contributed by atoms with Gasteiger partial charge in [-0.25, -0.2) is 9.97 Å². The average Bonchev–Trinajstić information content (AvgIpc) is 3.70. The number of nitrogens with one attached hydrogen (secondary N) is 1. The molecule has 32 heavy (non-hydrogen) atoms. The highest BCUT2D eigenvalue weighted by atomic mass is 16.5. The second-order valence-corrected chi connectivity index (χ2v) is 9.14. The average molecular weight is 431 g/mol. The van der Waals surface area contributed by atoms with Gasteiger partial charge >= 0.3 is 0 Å². The van der Waals surface area contributed by atoms with Gasteiger partial charge < -0.3 is 15.0 Å². The maximum Gasteiger partial charge on any atom is 0.137 e. The zero-order valence-electron chi connectivity index (χ0n) is 18.4. The van der Waals surface area contributed by atoms with Crippen LogP contribution < -0.4 is 10.2 Å². The largest absolute Gasteiger partial charge is 0.381 e. The van der Waals surface area contributed by atoms with Crippen LogP contribution in [0.25, 0.3) is 22.0 Å². The van der Waals surface area contributed by atoms with Crippen molar-refractivity contribution in [3.63, 3.8) is 0 Å². The van der Waals surface area contributed by atoms with Gasteiger partial charge in [-0.3, -0.25) is 9.88 Å². The highest BCUT2D eigenvalue weighted by molar-refractivity contribution is 5.94. The van der Waals surface area contributed by atoms with Crippen molar-refractivity contribution in [3.05, 3.63) is 42.9 Å². The third kappa shape index (κ3) is 4.14. The molecule has 3 aromatic heterocycles. The molecule has 1 saturated carbocycles. The third-order valence-corrected chi connectivity index (χ3v) is 6.92. The first-order valence-corrected chi connectivity index (χ1v) is 11.9. The van der Waals surface area contributed by atoms with Gasteiger partial charge in [-0.2, -0.15) is 0 Å². The molecule has 0 unspecified atom stereocenters. The molecule has 3 aromatic rings. The molecule has 0 amide bonds. The van der Waals surface area contributed by atoms with Crippen LogP contribution in [0.15, 0.2) is 42.9 Å². The van der Waals surface area contributed by atoms with Crippen LogP contribution in [0.4, 0.5) is 11.6 Å². The fraction of sp³-hybridized carbons (Fsp3) is 0.480. The van der Waals surface area contributed by atoms with Crippen LogP contribution in [-0.4, -0.2) is 71.3 Å². The van der Waals surface area contributed by atoms with Gasteiger partial charge in [0.2, 0.25) is 0 Å². The molecule has 6 rings (SSSR count). The number of anilines is 2. The SMILES string of the molecule is c1cc2c(N3CCN(C4CC4)CC3)nc(-c3ccnc(NC4CCOCC4)c3)cc2cn1. The van der Waals surface area contributed by atoms with E-state index in [0.29, 0.717) is 6.04 Å². The van der Waals surface area contributed by atoms with Crippen LogP contribution in [0, 0.1) is 0 Å². The summed E-state index contributed by atoms with van der Waals surface area (Å²) in [5, 5.41) is 5.89. The van der Waals surface area contributed by atoms with E-state index in [4.69, 9.17) is 9.72 Å². The normalized spacial score (nSPS) is 20.6. The van der Waals surface area contributed by atoms with Gasteiger partial charge in [-0.05, 0) is 49.9 Å². The number of fused-ring (bicyclic) bond motifs is 1. The number of hydrogen-bond donors (Lipinski definition) is 1. The van der Waals surface area contributed by atoms with Gasteiger partial charge in [-0.15, -0.1) is 0 Å². The van der Waals surface area contributed by atoms with Crippen LogP contribution in [0.1, 0.15) is 25.7 Å². The Morgan fingerprint density at radius 1 is 0.938 bits per heavy atom. The summed E-state index contributed by atoms with van der Waals surface area (Å²) in [5.74, 6) is 1.98. The maximum absolute atomic E-state index is 5.48. The van der Waals surface area contributed by atoms with Gasteiger partial charge in [0.15, 0.2) is 0 Å². The molecule has 166 valence electrons. The Kier molecular flexibility index (Phi) is 5.37. The van der Waals surface area contributed by atoms with Gasteiger partial charge in [0.05, 0.1) is 5.69 Å². The number of nitrogens with zero attached hydrogens (tertiary/aromatic N) is 5. The fourth-order valence-electron chi connectivity index (χ4n) is 4.93. The van der Waals surface area contributed by atoms with Gasteiger partial charge in [0, 0.05) is 86.4 Å². The number of ether oxygens (including phenoxy) is 1. The first-order valence-electron chi connectivity index (χ1n) is 11.9. The van der Waals surface area contributed by atoms with Crippen molar-refractivity contribution < 1.29 is 4.74 Å². The molecule has 2 saturated heterocycles. The standard InChI is InChI=1S/C25H30N6O/c1-2-21(1)30-9-11-31(12-10-30)25-22-4-7-26-17-19(22)15-23(29-25)18-3-8-27-24(16-18)28-20-5-13-32-14-6-20/h3-4,7-8,15-17,20-21H,1-2,5-6,9-14H2,(H,27,28). The summed E-state index contributed by atoms with van der Waals surface area (Å²) in [6, 6.07) is 9.66. The van der Waals surface area contributed by atoms with E-state index in [1.807, 2.05) is 18.6 Å². The second kappa shape index (κ2) is 8.64. The van der Waals surface area contributed by atoms with Crippen LogP contribution in [0.5, 0.6) is 0 Å². The lowest BCUT2D eigenvalue weighted by molar-refractivity contribution is 0.0904. The maximum atomic E-state index is 5.48. The number of piperazine rings is 1. The van der Waals surface area contributed by atoms with E-state index in [9.17, 15) is 0 Å². The minimum Gasteiger partial charge on any atom is -0.381 e. The minimum absolute atomic E-state index is 0.415. The third-order valence-electron chi connectivity index (χ3n) is 6.92. The smallest absolute Gasteiger partial charge is 0.137 e. The molecule has 0 aromatic carbocycles. The monoisotopic (exact) mass is 430 g/mol. The summed E-state index contributed by atoms with van der Waals surface area (Å²) in [4.78, 5) is 19.2. The minimum atomic E-state index is 0.415. The second-order valence-electron chi connectivity index (χ2n) is 9.14. The van der Waals surface area contributed by atoms with Crippen LogP contribution in [-0.2, 0) is 4.74 Å². The molecule has 7 nitrogen and oxygen atoms in total. The predicted octanol–water partition coefficient (Wildman–Crippen LogP) is 3.57. The Balaban J connectivity index is 1.30. The molecule has 1 aliphatic carbocycles. The van der Waals surface area contributed by atoms with Crippen molar-refractivity contribution in [3.8, 4) is 11.3 Å². The Morgan fingerprint density at radius 3 is 2.59 bits per heavy atom. The fourth-order valence-corrected chi connectivity index (χ4v) is 4.93. The summed E-state index contributed by atoms with van der Waals surface area (Å²) in [5.41, 5.74) is 2.06. The van der Waals surface area contributed by atoms with E-state index >= 15 is 0 Å². The predicted molar refractivity (Wildman–Crippen MR) is 127 cm³/mol. The highest BCUT2D eigenvalue weighted by Crippen LogP contribution is 2.33. The van der Waals surface area contributed by atoms with Gasteiger partial charge in [-0.1, -0.05) is 0 Å². The molecule has 2 aliphatic heterocycles. The van der Waals surface area contributed by atoms with Crippen molar-refractivity contribution >= 4 is 22.4 Å². The van der Waals surface area contributed by atoms with Crippen molar-refractivity contribution in [2.24, 2.45) is 0 Å². The zero-order chi connectivity index (χ0) is 21.3. The lowest BCUT2D eigenvalue weighted by atomic mass is 10.1. The molecule has 0 radical (unpaired) electrons. The summed E-state index contributed by atoms with van der Waals surface area (Å²) in [6.07, 6.45) is 10.5. The molecular formula is C25H30N6O. The van der Waals surface area contributed by atoms with Gasteiger partial charge in [0.25, 0.3) is 0 Å². The molecule has 0 atom stereocenters. The lowest BCUT2D eigenvalue weighted by Crippen LogP contribution is -2.47. The van der Waals surface area contributed by atoms with E-state index < -0.39 is 0 Å². The Morgan fingerprint density at radius 2 is 1.78 bits per heavy atom. The lowest BCUT2D eigenvalue weighted by Gasteiger charge is -2.36. The summed E-state index contributed by atoms with van der Waals surface area (Å²) >= 11 is 0. The Labute approximate surface area is 188 Å². The van der Waals surface area contributed by atoms with E-state index in [1.54, 1.807) is 0 Å². The topological polar surface area (TPSA) is 66.4 Å². The van der Waals surface area contributed by atoms with E-state index in [0.717, 1.165) is 86.6 Å². The number of pyridine rings is 3. The number of hydrogen-bond acceptors (Lipinski definition) is 7. The van der Waals surface area contributed by atoms with Crippen LogP contribution >= 0.6 is 0 Å². The first-order chi connectivity index (χ1) is 15.8. The van der Waals surface area contributed by atoms with Crippen molar-refractivity contribution in [2.75, 3.05) is 49.6 Å². The molecular weight excluding hydrogens is 400 g/mol. The van der Waals surface area contributed by atoms with E-state index in [2.05, 4.69) is 49.4 Å². The molecule has 5 heterocycles. The highest BCUT2D eigenvalue weighted by Gasteiger charge is 2.31. The van der Waals surface area contributed by atoms with Crippen LogP contribution in [0.3, 0.4) is 0 Å². The molecule has 3 aliphatic rings. The first kappa shape index (κ1) is 19.9. The number of aromatic nitrogens is 3. The zero-order valence-corrected chi connectivity index (χ0v) is 18.4. The summed E-state index contributed by atoms with van der Waals surface area (Å²) in [7, 11) is 0. The molecule has 1 N–H and O–H groups in total. The Hall–Kier alpha value is -2.77. The summed E-state index contributed by atoms with van der Waals surface area (Å²) < 4.78 is 5.48. The molecule has 7 heteroatoms. The van der Waals surface area contributed by atoms with Crippen LogP contribution in [0.2, 0.25) is 0 Å². The quantitative estimate of drug-likeness (QED) is 0.664. The van der Waals surface area contributed by atoms with Crippen molar-refractivity contribution in [1.82, 2.24) is 19.9 Å². The Bertz CT molecular complexity index is 1090. The van der Waals surface area contributed by atoms with Crippen molar-refractivity contribution in [1.29, 1.82) is 0 Å². The van der Waals surface area contributed by atoms with E-state index in [-0.39, 0.29) is 0 Å². The van der Waals surface area contributed by atoms with Crippen molar-refractivity contribution in [2.45, 2.75) is 37.8 Å². The summed E-state index contributed by atoms with van der Waals surface area (Å²) in [6.45, 7) is 5.92. The molecule has 0 spiro atoms. The molecule has 0 bridgehead atoms.